The maximum Gasteiger partial charge on any atom is 0.251 e. The monoisotopic (exact) mass is 560 g/mol. The Hall–Kier alpha value is -1.39. The maximum atomic E-state index is 12.1. The number of carbonyl (C=O) groups is 1. The Morgan fingerprint density at radius 3 is 2.44 bits per heavy atom. The molecule has 32 heavy (non-hydrogen) atoms. The second kappa shape index (κ2) is 17.1. The van der Waals surface area contributed by atoms with Crippen LogP contribution in [0.2, 0.25) is 0 Å². The lowest BCUT2D eigenvalue weighted by atomic mass is 10.1. The number of hydrogen-bond donors (Lipinski definition) is 2. The molecule has 1 amide bonds. The number of rotatable bonds is 12. The molecular formula is C24H41IN4O3. The lowest BCUT2D eigenvalue weighted by Gasteiger charge is -2.34. The summed E-state index contributed by atoms with van der Waals surface area (Å²) in [5.41, 5.74) is 1.79. The first kappa shape index (κ1) is 28.6. The van der Waals surface area contributed by atoms with E-state index in [1.54, 1.807) is 7.11 Å². The molecule has 0 atom stereocenters. The van der Waals surface area contributed by atoms with E-state index in [0.717, 1.165) is 83.0 Å². The van der Waals surface area contributed by atoms with Gasteiger partial charge in [0.25, 0.3) is 5.91 Å². The topological polar surface area (TPSA) is 75.2 Å². The summed E-state index contributed by atoms with van der Waals surface area (Å²) in [7, 11) is 1.72. The third-order valence-corrected chi connectivity index (χ3v) is 5.37. The summed E-state index contributed by atoms with van der Waals surface area (Å²) in [6.45, 7) is 9.75. The van der Waals surface area contributed by atoms with Gasteiger partial charge in [0.05, 0.1) is 12.6 Å². The number of methoxy groups -OCH3 is 1. The molecule has 8 heteroatoms. The van der Waals surface area contributed by atoms with Gasteiger partial charge in [-0.2, -0.15) is 0 Å². The number of carbonyl (C=O) groups excluding carboxylic acids is 1. The molecule has 1 aromatic carbocycles. The SMILES string of the molecule is CCCCNC(=O)c1ccc(CN=C(NCC)N2CCC(OCCCOC)CC2)cc1.I. The first-order valence-electron chi connectivity index (χ1n) is 11.7. The maximum absolute atomic E-state index is 12.1. The van der Waals surface area contributed by atoms with E-state index in [9.17, 15) is 4.79 Å². The molecule has 1 heterocycles. The van der Waals surface area contributed by atoms with Crippen LogP contribution in [-0.2, 0) is 16.0 Å². The van der Waals surface area contributed by atoms with E-state index >= 15 is 0 Å². The molecule has 1 aromatic rings. The Bertz CT molecular complexity index is 662. The number of amides is 1. The summed E-state index contributed by atoms with van der Waals surface area (Å²) >= 11 is 0. The van der Waals surface area contributed by atoms with Crippen molar-refractivity contribution >= 4 is 35.8 Å². The van der Waals surface area contributed by atoms with Crippen LogP contribution in [0, 0.1) is 0 Å². The van der Waals surface area contributed by atoms with E-state index in [1.165, 1.54) is 0 Å². The standard InChI is InChI=1S/C24H40N4O3.HI/c1-4-6-14-26-23(29)21-10-8-20(9-11-21)19-27-24(25-5-2)28-15-12-22(13-16-28)31-18-7-17-30-3;/h8-11,22H,4-7,12-19H2,1-3H3,(H,25,27)(H,26,29);1H. The average molecular weight is 561 g/mol. The molecule has 0 aromatic heterocycles. The number of piperidine rings is 1. The van der Waals surface area contributed by atoms with Crippen molar-refractivity contribution in [1.29, 1.82) is 0 Å². The van der Waals surface area contributed by atoms with Crippen LogP contribution in [0.3, 0.4) is 0 Å². The third kappa shape index (κ3) is 10.5. The number of unbranched alkanes of at least 4 members (excludes halogenated alkanes) is 1. The Morgan fingerprint density at radius 1 is 1.09 bits per heavy atom. The zero-order valence-corrected chi connectivity index (χ0v) is 22.2. The largest absolute Gasteiger partial charge is 0.385 e. The normalized spacial score (nSPS) is 14.7. The lowest BCUT2D eigenvalue weighted by molar-refractivity contribution is 0.00990. The van der Waals surface area contributed by atoms with Crippen LogP contribution < -0.4 is 10.6 Å². The number of ether oxygens (including phenoxy) is 2. The van der Waals surface area contributed by atoms with Gasteiger partial charge in [-0.3, -0.25) is 4.79 Å². The fourth-order valence-electron chi connectivity index (χ4n) is 3.52. The highest BCUT2D eigenvalue weighted by atomic mass is 127. The highest BCUT2D eigenvalue weighted by Gasteiger charge is 2.21. The zero-order valence-electron chi connectivity index (χ0n) is 19.9. The summed E-state index contributed by atoms with van der Waals surface area (Å²) in [4.78, 5) is 19.3. The van der Waals surface area contributed by atoms with Crippen molar-refractivity contribution in [3.8, 4) is 0 Å². The summed E-state index contributed by atoms with van der Waals surface area (Å²) in [5.74, 6) is 0.936. The van der Waals surface area contributed by atoms with E-state index < -0.39 is 0 Å². The first-order valence-corrected chi connectivity index (χ1v) is 11.7. The van der Waals surface area contributed by atoms with Crippen molar-refractivity contribution in [3.05, 3.63) is 35.4 Å². The predicted octanol–water partition coefficient (Wildman–Crippen LogP) is 3.82. The van der Waals surface area contributed by atoms with E-state index in [-0.39, 0.29) is 29.9 Å². The first-order chi connectivity index (χ1) is 15.2. The molecule has 1 aliphatic heterocycles. The average Bonchev–Trinajstić information content (AvgIpc) is 2.80. The van der Waals surface area contributed by atoms with Gasteiger partial charge >= 0.3 is 0 Å². The molecule has 0 aliphatic carbocycles. The van der Waals surface area contributed by atoms with Gasteiger partial charge in [0, 0.05) is 52.1 Å². The van der Waals surface area contributed by atoms with Crippen LogP contribution in [0.1, 0.15) is 61.9 Å². The lowest BCUT2D eigenvalue weighted by Crippen LogP contribution is -2.47. The second-order valence-electron chi connectivity index (χ2n) is 7.88. The summed E-state index contributed by atoms with van der Waals surface area (Å²) < 4.78 is 11.0. The highest BCUT2D eigenvalue weighted by Crippen LogP contribution is 2.15. The smallest absolute Gasteiger partial charge is 0.251 e. The van der Waals surface area contributed by atoms with Crippen LogP contribution >= 0.6 is 24.0 Å². The number of nitrogens with zero attached hydrogens (tertiary/aromatic N) is 2. The Labute approximate surface area is 210 Å². The number of benzene rings is 1. The Balaban J connectivity index is 0.00000512. The molecule has 1 aliphatic rings. The van der Waals surface area contributed by atoms with Crippen LogP contribution in [0.5, 0.6) is 0 Å². The Kier molecular flexibility index (Phi) is 15.3. The third-order valence-electron chi connectivity index (χ3n) is 5.37. The van der Waals surface area contributed by atoms with Crippen molar-refractivity contribution in [1.82, 2.24) is 15.5 Å². The fraction of sp³-hybridized carbons (Fsp3) is 0.667. The molecular weight excluding hydrogens is 519 g/mol. The Morgan fingerprint density at radius 2 is 1.81 bits per heavy atom. The van der Waals surface area contributed by atoms with Crippen LogP contribution in [0.25, 0.3) is 0 Å². The molecule has 1 fully saturated rings. The molecule has 2 N–H and O–H groups in total. The predicted molar refractivity (Wildman–Crippen MR) is 141 cm³/mol. The highest BCUT2D eigenvalue weighted by molar-refractivity contribution is 14.0. The molecule has 0 spiro atoms. The summed E-state index contributed by atoms with van der Waals surface area (Å²) in [6.07, 6.45) is 5.37. The quantitative estimate of drug-likeness (QED) is 0.176. The number of halogens is 1. The minimum Gasteiger partial charge on any atom is -0.385 e. The zero-order chi connectivity index (χ0) is 22.3. The number of likely N-dealkylation sites (tertiary alicyclic amines) is 1. The molecule has 0 saturated carbocycles. The van der Waals surface area contributed by atoms with E-state index in [0.29, 0.717) is 18.2 Å². The van der Waals surface area contributed by atoms with Gasteiger partial charge < -0.3 is 25.0 Å². The molecule has 182 valence electrons. The number of guanidine groups is 1. The van der Waals surface area contributed by atoms with Crippen LogP contribution in [0.15, 0.2) is 29.3 Å². The van der Waals surface area contributed by atoms with E-state index in [4.69, 9.17) is 14.5 Å². The van der Waals surface area contributed by atoms with Crippen molar-refractivity contribution in [2.45, 2.75) is 58.6 Å². The molecule has 0 radical (unpaired) electrons. The van der Waals surface area contributed by atoms with Gasteiger partial charge in [-0.15, -0.1) is 24.0 Å². The molecule has 0 bridgehead atoms. The van der Waals surface area contributed by atoms with Crippen molar-refractivity contribution in [3.63, 3.8) is 0 Å². The van der Waals surface area contributed by atoms with Gasteiger partial charge in [-0.1, -0.05) is 25.5 Å². The van der Waals surface area contributed by atoms with Gasteiger partial charge in [0.1, 0.15) is 0 Å². The van der Waals surface area contributed by atoms with E-state index in [2.05, 4.69) is 29.4 Å². The van der Waals surface area contributed by atoms with Crippen molar-refractivity contribution in [2.75, 3.05) is 46.5 Å². The van der Waals surface area contributed by atoms with Gasteiger partial charge in [0.15, 0.2) is 5.96 Å². The number of aliphatic imine (C=N–C) groups is 1. The second-order valence-corrected chi connectivity index (χ2v) is 7.88. The number of hydrogen-bond acceptors (Lipinski definition) is 4. The minimum atomic E-state index is -0.0100. The van der Waals surface area contributed by atoms with Gasteiger partial charge in [-0.25, -0.2) is 4.99 Å². The van der Waals surface area contributed by atoms with Crippen molar-refractivity contribution < 1.29 is 14.3 Å². The summed E-state index contributed by atoms with van der Waals surface area (Å²) in [5, 5.41) is 6.36. The fourth-order valence-corrected chi connectivity index (χ4v) is 3.52. The molecule has 7 nitrogen and oxygen atoms in total. The van der Waals surface area contributed by atoms with Crippen LogP contribution in [0.4, 0.5) is 0 Å². The van der Waals surface area contributed by atoms with Gasteiger partial charge in [0.2, 0.25) is 0 Å². The van der Waals surface area contributed by atoms with Crippen LogP contribution in [-0.4, -0.2) is 69.4 Å². The number of nitrogens with one attached hydrogen (secondary N) is 2. The van der Waals surface area contributed by atoms with E-state index in [1.807, 2.05) is 24.3 Å². The molecule has 1 saturated heterocycles. The van der Waals surface area contributed by atoms with Crippen molar-refractivity contribution in [2.24, 2.45) is 4.99 Å². The summed E-state index contributed by atoms with van der Waals surface area (Å²) in [6, 6.07) is 7.74. The van der Waals surface area contributed by atoms with Gasteiger partial charge in [-0.05, 0) is 50.3 Å². The molecule has 2 rings (SSSR count). The minimum absolute atomic E-state index is 0. The molecule has 0 unspecified atom stereocenters.